The number of carboxylic acids is 1. The summed E-state index contributed by atoms with van der Waals surface area (Å²) in [5, 5.41) is 15.8. The first-order valence-electron chi connectivity index (χ1n) is 6.55. The fourth-order valence-electron chi connectivity index (χ4n) is 1.87. The van der Waals surface area contributed by atoms with Crippen molar-refractivity contribution in [3.8, 4) is 0 Å². The number of nitrogens with two attached hydrogens (primary N) is 1. The lowest BCUT2D eigenvalue weighted by Gasteiger charge is -2.18. The van der Waals surface area contributed by atoms with Crippen LogP contribution in [0, 0.1) is 0 Å². The molecular weight excluding hydrogens is 294 g/mol. The molecule has 0 spiro atoms. The van der Waals surface area contributed by atoms with E-state index in [4.69, 9.17) is 10.8 Å². The number of carbonyl (C=O) groups excluding carboxylic acids is 2. The molecule has 0 aromatic carbocycles. The standard InChI is InChI=1S/C13H19N3O4S/c1-2-4-8(12(18)19)15-11(17)7-9(16-13(14)20)10-5-3-6-21-10/h3,5-6,8-9H,2,4,7H2,1H3,(H,15,17)(H,18,19)(H3,14,16,20). The molecule has 7 nitrogen and oxygen atoms in total. The van der Waals surface area contributed by atoms with E-state index in [-0.39, 0.29) is 6.42 Å². The Hall–Kier alpha value is -2.09. The molecule has 1 aromatic rings. The number of rotatable bonds is 8. The summed E-state index contributed by atoms with van der Waals surface area (Å²) in [6.45, 7) is 1.84. The van der Waals surface area contributed by atoms with Crippen LogP contribution >= 0.6 is 11.3 Å². The minimum atomic E-state index is -1.07. The molecule has 8 heteroatoms. The predicted octanol–water partition coefficient (Wildman–Crippen LogP) is 1.22. The molecule has 116 valence electrons. The van der Waals surface area contributed by atoms with Gasteiger partial charge in [-0.1, -0.05) is 19.4 Å². The summed E-state index contributed by atoms with van der Waals surface area (Å²) in [7, 11) is 0. The molecule has 0 saturated carbocycles. The monoisotopic (exact) mass is 313 g/mol. The maximum atomic E-state index is 12.0. The molecule has 0 saturated heterocycles. The summed E-state index contributed by atoms with van der Waals surface area (Å²) in [5.74, 6) is -1.51. The topological polar surface area (TPSA) is 122 Å². The lowest BCUT2D eigenvalue weighted by Crippen LogP contribution is -2.43. The number of carboxylic acid groups (broad SMARTS) is 1. The first kappa shape index (κ1) is 17.0. The van der Waals surface area contributed by atoms with Gasteiger partial charge in [-0.3, -0.25) is 4.79 Å². The molecule has 0 aliphatic heterocycles. The Labute approximate surface area is 126 Å². The highest BCUT2D eigenvalue weighted by molar-refractivity contribution is 7.10. The second-order valence-corrected chi connectivity index (χ2v) is 5.51. The maximum absolute atomic E-state index is 12.0. The number of amides is 3. The average molecular weight is 313 g/mol. The largest absolute Gasteiger partial charge is 0.480 e. The highest BCUT2D eigenvalue weighted by Crippen LogP contribution is 2.22. The van der Waals surface area contributed by atoms with Crippen molar-refractivity contribution in [3.63, 3.8) is 0 Å². The van der Waals surface area contributed by atoms with Gasteiger partial charge in [-0.15, -0.1) is 11.3 Å². The summed E-state index contributed by atoms with van der Waals surface area (Å²) in [5.41, 5.74) is 5.10. The Bertz CT molecular complexity index is 490. The number of hydrogen-bond acceptors (Lipinski definition) is 4. The summed E-state index contributed by atoms with van der Waals surface area (Å²) < 4.78 is 0. The van der Waals surface area contributed by atoms with Gasteiger partial charge in [0.25, 0.3) is 0 Å². The average Bonchev–Trinajstić information content (AvgIpc) is 2.90. The fourth-order valence-corrected chi connectivity index (χ4v) is 2.65. The number of primary amides is 1. The number of aliphatic carboxylic acids is 1. The van der Waals surface area contributed by atoms with Crippen LogP contribution in [0.25, 0.3) is 0 Å². The number of hydrogen-bond donors (Lipinski definition) is 4. The third-order valence-electron chi connectivity index (χ3n) is 2.80. The van der Waals surface area contributed by atoms with Crippen molar-refractivity contribution in [2.45, 2.75) is 38.3 Å². The van der Waals surface area contributed by atoms with Crippen LogP contribution in [-0.2, 0) is 9.59 Å². The zero-order valence-corrected chi connectivity index (χ0v) is 12.5. The Morgan fingerprint density at radius 2 is 2.10 bits per heavy atom. The molecule has 0 radical (unpaired) electrons. The van der Waals surface area contributed by atoms with Crippen LogP contribution in [0.5, 0.6) is 0 Å². The lowest BCUT2D eigenvalue weighted by molar-refractivity contribution is -0.142. The molecular formula is C13H19N3O4S. The van der Waals surface area contributed by atoms with E-state index in [0.29, 0.717) is 12.8 Å². The highest BCUT2D eigenvalue weighted by Gasteiger charge is 2.23. The van der Waals surface area contributed by atoms with Gasteiger partial charge in [-0.2, -0.15) is 0 Å². The molecule has 21 heavy (non-hydrogen) atoms. The molecule has 0 fully saturated rings. The van der Waals surface area contributed by atoms with Gasteiger partial charge >= 0.3 is 12.0 Å². The van der Waals surface area contributed by atoms with Gasteiger partial charge in [-0.05, 0) is 17.9 Å². The van der Waals surface area contributed by atoms with Gasteiger partial charge in [0.15, 0.2) is 0 Å². The van der Waals surface area contributed by atoms with Crippen molar-refractivity contribution in [2.24, 2.45) is 5.73 Å². The molecule has 1 rings (SSSR count). The van der Waals surface area contributed by atoms with Crippen molar-refractivity contribution in [3.05, 3.63) is 22.4 Å². The first-order valence-corrected chi connectivity index (χ1v) is 7.43. The number of urea groups is 1. The van der Waals surface area contributed by atoms with Crippen LogP contribution in [0.4, 0.5) is 4.79 Å². The van der Waals surface area contributed by atoms with E-state index in [2.05, 4.69) is 10.6 Å². The third kappa shape index (κ3) is 5.82. The van der Waals surface area contributed by atoms with Crippen LogP contribution in [0.3, 0.4) is 0 Å². The third-order valence-corrected chi connectivity index (χ3v) is 3.79. The SMILES string of the molecule is CCCC(NC(=O)CC(NC(N)=O)c1cccs1)C(=O)O. The molecule has 5 N–H and O–H groups in total. The van der Waals surface area contributed by atoms with Gasteiger partial charge in [0, 0.05) is 4.88 Å². The van der Waals surface area contributed by atoms with E-state index in [0.717, 1.165) is 4.88 Å². The van der Waals surface area contributed by atoms with Gasteiger partial charge in [0.1, 0.15) is 6.04 Å². The van der Waals surface area contributed by atoms with Crippen molar-refractivity contribution in [1.29, 1.82) is 0 Å². The predicted molar refractivity (Wildman–Crippen MR) is 78.9 cm³/mol. The first-order chi connectivity index (χ1) is 9.93. The molecule has 3 amide bonds. The smallest absolute Gasteiger partial charge is 0.326 e. The Morgan fingerprint density at radius 1 is 1.38 bits per heavy atom. The van der Waals surface area contributed by atoms with Crippen molar-refractivity contribution < 1.29 is 19.5 Å². The Morgan fingerprint density at radius 3 is 2.57 bits per heavy atom. The van der Waals surface area contributed by atoms with E-state index in [9.17, 15) is 14.4 Å². The van der Waals surface area contributed by atoms with Crippen LogP contribution < -0.4 is 16.4 Å². The highest BCUT2D eigenvalue weighted by atomic mass is 32.1. The maximum Gasteiger partial charge on any atom is 0.326 e. The van der Waals surface area contributed by atoms with Gasteiger partial charge < -0.3 is 21.5 Å². The van der Waals surface area contributed by atoms with Crippen molar-refractivity contribution in [1.82, 2.24) is 10.6 Å². The zero-order chi connectivity index (χ0) is 15.8. The summed E-state index contributed by atoms with van der Waals surface area (Å²) in [6.07, 6.45) is 0.941. The van der Waals surface area contributed by atoms with Crippen molar-refractivity contribution >= 4 is 29.2 Å². The summed E-state index contributed by atoms with van der Waals surface area (Å²) >= 11 is 1.38. The van der Waals surface area contributed by atoms with Gasteiger partial charge in [0.05, 0.1) is 12.5 Å². The minimum absolute atomic E-state index is 0.0586. The fraction of sp³-hybridized carbons (Fsp3) is 0.462. The second kappa shape index (κ2) is 8.25. The minimum Gasteiger partial charge on any atom is -0.480 e. The lowest BCUT2D eigenvalue weighted by atomic mass is 10.1. The quantitative estimate of drug-likeness (QED) is 0.576. The molecule has 2 unspecified atom stereocenters. The Balaban J connectivity index is 2.67. The van der Waals surface area contributed by atoms with E-state index in [1.165, 1.54) is 11.3 Å². The molecule has 1 heterocycles. The second-order valence-electron chi connectivity index (χ2n) is 4.53. The number of nitrogens with one attached hydrogen (secondary N) is 2. The Kier molecular flexibility index (Phi) is 6.67. The molecule has 2 atom stereocenters. The molecule has 0 bridgehead atoms. The van der Waals surface area contributed by atoms with Crippen LogP contribution in [0.1, 0.15) is 37.1 Å². The van der Waals surface area contributed by atoms with Crippen LogP contribution in [0.2, 0.25) is 0 Å². The number of thiophene rings is 1. The molecule has 1 aromatic heterocycles. The molecule has 0 aliphatic carbocycles. The van der Waals surface area contributed by atoms with Crippen molar-refractivity contribution in [2.75, 3.05) is 0 Å². The summed E-state index contributed by atoms with van der Waals surface area (Å²) in [4.78, 5) is 34.8. The van der Waals surface area contributed by atoms with Crippen LogP contribution in [0.15, 0.2) is 17.5 Å². The van der Waals surface area contributed by atoms with E-state index in [1.54, 1.807) is 12.1 Å². The van der Waals surface area contributed by atoms with Gasteiger partial charge in [-0.25, -0.2) is 9.59 Å². The zero-order valence-electron chi connectivity index (χ0n) is 11.7. The van der Waals surface area contributed by atoms with E-state index >= 15 is 0 Å². The van der Waals surface area contributed by atoms with E-state index < -0.39 is 30.0 Å². The number of carbonyl (C=O) groups is 3. The van der Waals surface area contributed by atoms with Crippen LogP contribution in [-0.4, -0.2) is 29.1 Å². The van der Waals surface area contributed by atoms with Gasteiger partial charge in [0.2, 0.25) is 5.91 Å². The molecule has 0 aliphatic rings. The summed E-state index contributed by atoms with van der Waals surface area (Å²) in [6, 6.07) is 1.37. The van der Waals surface area contributed by atoms with E-state index in [1.807, 2.05) is 12.3 Å². The normalized spacial score (nSPS) is 13.2.